The van der Waals surface area contributed by atoms with Crippen molar-refractivity contribution in [1.82, 2.24) is 31.1 Å². The highest BCUT2D eigenvalue weighted by atomic mass is 79.9. The summed E-state index contributed by atoms with van der Waals surface area (Å²) in [7, 11) is 0. The number of hydrogen-bond donors (Lipinski definition) is 4. The number of carbonyl (C=O) groups excluding carboxylic acids is 3. The van der Waals surface area contributed by atoms with E-state index in [4.69, 9.17) is 9.47 Å². The van der Waals surface area contributed by atoms with E-state index in [0.717, 1.165) is 65.4 Å². The Balaban J connectivity index is 0.000000316. The molecule has 2 aliphatic rings. The molecule has 0 aromatic heterocycles. The highest BCUT2D eigenvalue weighted by molar-refractivity contribution is 9.12. The minimum atomic E-state index is -0.214. The quantitative estimate of drug-likeness (QED) is 0.0356. The van der Waals surface area contributed by atoms with Gasteiger partial charge in [0.25, 0.3) is 0 Å². The van der Waals surface area contributed by atoms with Gasteiger partial charge in [-0.25, -0.2) is 0 Å². The van der Waals surface area contributed by atoms with Crippen molar-refractivity contribution in [3.05, 3.63) is 144 Å². The van der Waals surface area contributed by atoms with Crippen molar-refractivity contribution in [1.29, 1.82) is 0 Å². The van der Waals surface area contributed by atoms with Crippen LogP contribution in [0, 0.1) is 0 Å². The molecular weight excluding hydrogens is 940 g/mol. The molecule has 6 rings (SSSR count). The molecular formula is C50H72Br2N6O6. The summed E-state index contributed by atoms with van der Waals surface area (Å²) in [5.41, 5.74) is 5.18. The zero-order valence-electron chi connectivity index (χ0n) is 37.2. The number of benzene rings is 4. The number of halogens is 2. The Morgan fingerprint density at radius 3 is 1.58 bits per heavy atom. The van der Waals surface area contributed by atoms with Crippen molar-refractivity contribution in [2.24, 2.45) is 0 Å². The standard InChI is InChI=1S/C21H26N2O2.C16H20N2.C7H14N2O2.C5H8Br2O2.CH4/c1-2-25-21(24)20-17-22(15-18-9-5-3-6-10-18)13-14-23(20)16-19-11-7-4-8-12-19;1-3-7-15(8-4-1)13-17-11-12-18-14-16-9-5-2-6-10-16;1-2-11-7(10)6-5-8-3-4-9-6;1-2-9-5(8)4(7)3-6;/h3-12,20H,2,13-17H2,1H3;1-10,17-18H,11-14H2;6,8-9H,2-5H2,1H3;4H,2-3H2,1H3;1H4. The first-order valence-electron chi connectivity index (χ1n) is 21.9. The molecule has 2 fully saturated rings. The van der Waals surface area contributed by atoms with E-state index >= 15 is 0 Å². The monoisotopic (exact) mass is 1010 g/mol. The van der Waals surface area contributed by atoms with Gasteiger partial charge in [0.1, 0.15) is 16.9 Å². The first kappa shape index (κ1) is 56.1. The molecule has 0 spiro atoms. The lowest BCUT2D eigenvalue weighted by Crippen LogP contribution is -2.56. The van der Waals surface area contributed by atoms with Gasteiger partial charge in [-0.05, 0) is 43.0 Å². The van der Waals surface area contributed by atoms with E-state index in [-0.39, 0.29) is 42.2 Å². The molecule has 64 heavy (non-hydrogen) atoms. The van der Waals surface area contributed by atoms with E-state index < -0.39 is 0 Å². The van der Waals surface area contributed by atoms with E-state index in [1.54, 1.807) is 6.92 Å². The van der Waals surface area contributed by atoms with Gasteiger partial charge in [0.05, 0.1) is 19.8 Å². The second-order valence-corrected chi connectivity index (χ2v) is 16.4. The van der Waals surface area contributed by atoms with E-state index in [2.05, 4.69) is 153 Å². The fraction of sp³-hybridized carbons (Fsp3) is 0.460. The van der Waals surface area contributed by atoms with Gasteiger partial charge in [-0.15, -0.1) is 0 Å². The molecule has 14 heteroatoms. The molecule has 0 aliphatic carbocycles. The second-order valence-electron chi connectivity index (χ2n) is 14.6. The van der Waals surface area contributed by atoms with Crippen LogP contribution in [0.2, 0.25) is 0 Å². The van der Waals surface area contributed by atoms with Crippen LogP contribution in [-0.2, 0) is 54.8 Å². The van der Waals surface area contributed by atoms with E-state index in [0.29, 0.717) is 38.2 Å². The number of esters is 3. The first-order chi connectivity index (χ1) is 30.8. The van der Waals surface area contributed by atoms with Crippen LogP contribution in [0.1, 0.15) is 50.5 Å². The van der Waals surface area contributed by atoms with Crippen LogP contribution in [0.25, 0.3) is 0 Å². The first-order valence-corrected chi connectivity index (χ1v) is 24.0. The van der Waals surface area contributed by atoms with Crippen molar-refractivity contribution in [2.45, 2.75) is 71.3 Å². The van der Waals surface area contributed by atoms with Gasteiger partial charge in [0.15, 0.2) is 0 Å². The Morgan fingerprint density at radius 1 is 0.656 bits per heavy atom. The number of piperazine rings is 2. The molecule has 2 aliphatic heterocycles. The molecule has 3 unspecified atom stereocenters. The Kier molecular flexibility index (Phi) is 31.0. The van der Waals surface area contributed by atoms with Crippen LogP contribution in [0.4, 0.5) is 0 Å². The maximum Gasteiger partial charge on any atom is 0.324 e. The number of carbonyl (C=O) groups is 3. The lowest BCUT2D eigenvalue weighted by atomic mass is 10.1. The number of alkyl halides is 2. The van der Waals surface area contributed by atoms with E-state index in [9.17, 15) is 14.4 Å². The summed E-state index contributed by atoms with van der Waals surface area (Å²) >= 11 is 6.26. The Morgan fingerprint density at radius 2 is 1.12 bits per heavy atom. The van der Waals surface area contributed by atoms with Crippen molar-refractivity contribution in [2.75, 3.05) is 77.5 Å². The maximum absolute atomic E-state index is 12.5. The summed E-state index contributed by atoms with van der Waals surface area (Å²) in [5.74, 6) is -0.481. The summed E-state index contributed by atoms with van der Waals surface area (Å²) in [6.07, 6.45) is 0. The van der Waals surface area contributed by atoms with Gasteiger partial charge in [0.2, 0.25) is 0 Å². The molecule has 12 nitrogen and oxygen atoms in total. The summed E-state index contributed by atoms with van der Waals surface area (Å²) in [6, 6.07) is 41.3. The van der Waals surface area contributed by atoms with E-state index in [1.165, 1.54) is 22.3 Å². The molecule has 2 saturated heterocycles. The third kappa shape index (κ3) is 23.8. The molecule has 4 N–H and O–H groups in total. The summed E-state index contributed by atoms with van der Waals surface area (Å²) < 4.78 is 14.9. The number of ether oxygens (including phenoxy) is 3. The van der Waals surface area contributed by atoms with Gasteiger partial charge in [-0.1, -0.05) is 161 Å². The lowest BCUT2D eigenvalue weighted by Gasteiger charge is -2.40. The molecule has 4 aromatic carbocycles. The number of rotatable bonds is 18. The fourth-order valence-electron chi connectivity index (χ4n) is 6.52. The number of nitrogens with one attached hydrogen (secondary N) is 4. The third-order valence-electron chi connectivity index (χ3n) is 9.72. The summed E-state index contributed by atoms with van der Waals surface area (Å²) in [6.45, 7) is 17.3. The minimum Gasteiger partial charge on any atom is -0.465 e. The predicted octanol–water partition coefficient (Wildman–Crippen LogP) is 6.96. The predicted molar refractivity (Wildman–Crippen MR) is 266 cm³/mol. The normalized spacial score (nSPS) is 16.3. The molecule has 3 atom stereocenters. The van der Waals surface area contributed by atoms with Crippen molar-refractivity contribution in [3.63, 3.8) is 0 Å². The Bertz CT molecular complexity index is 1740. The average Bonchev–Trinajstić information content (AvgIpc) is 3.33. The Hall–Kier alpha value is -3.99. The van der Waals surface area contributed by atoms with Crippen molar-refractivity contribution >= 4 is 49.8 Å². The van der Waals surface area contributed by atoms with Crippen molar-refractivity contribution < 1.29 is 28.6 Å². The smallest absolute Gasteiger partial charge is 0.324 e. The summed E-state index contributed by atoms with van der Waals surface area (Å²) in [5, 5.41) is 13.6. The summed E-state index contributed by atoms with van der Waals surface area (Å²) in [4.78, 5) is 38.6. The fourth-order valence-corrected chi connectivity index (χ4v) is 6.92. The zero-order valence-corrected chi connectivity index (χ0v) is 40.4. The topological polar surface area (TPSA) is 134 Å². The Labute approximate surface area is 399 Å². The minimum absolute atomic E-state index is 0. The van der Waals surface area contributed by atoms with Crippen LogP contribution < -0.4 is 21.3 Å². The largest absolute Gasteiger partial charge is 0.465 e. The van der Waals surface area contributed by atoms with Gasteiger partial charge in [-0.3, -0.25) is 24.2 Å². The SMILES string of the molecule is C.CCOC(=O)C(Br)CBr.CCOC(=O)C1CN(Cc2ccccc2)CCN1Cc1ccccc1.CCOC(=O)C1CNCCN1.c1ccc(CNCCNCc2ccccc2)cc1. The third-order valence-corrected chi connectivity index (χ3v) is 11.9. The van der Waals surface area contributed by atoms with Crippen LogP contribution in [0.15, 0.2) is 121 Å². The molecule has 0 amide bonds. The van der Waals surface area contributed by atoms with Gasteiger partial charge in [0, 0.05) is 83.9 Å². The number of nitrogens with zero attached hydrogens (tertiary/aromatic N) is 2. The average molecular weight is 1010 g/mol. The van der Waals surface area contributed by atoms with Gasteiger partial charge < -0.3 is 35.5 Å². The molecule has 4 aromatic rings. The second kappa shape index (κ2) is 35.3. The highest BCUT2D eigenvalue weighted by Crippen LogP contribution is 2.18. The molecule has 0 saturated carbocycles. The number of hydrogen-bond acceptors (Lipinski definition) is 12. The van der Waals surface area contributed by atoms with Crippen LogP contribution in [-0.4, -0.2) is 122 Å². The maximum atomic E-state index is 12.5. The lowest BCUT2D eigenvalue weighted by molar-refractivity contribution is -0.152. The molecule has 0 radical (unpaired) electrons. The van der Waals surface area contributed by atoms with Gasteiger partial charge in [-0.2, -0.15) is 0 Å². The van der Waals surface area contributed by atoms with Crippen LogP contribution >= 0.6 is 31.9 Å². The van der Waals surface area contributed by atoms with Gasteiger partial charge >= 0.3 is 17.9 Å². The highest BCUT2D eigenvalue weighted by Gasteiger charge is 2.33. The zero-order chi connectivity index (χ0) is 45.3. The molecule has 352 valence electrons. The van der Waals surface area contributed by atoms with Crippen LogP contribution in [0.3, 0.4) is 0 Å². The molecule has 2 heterocycles. The van der Waals surface area contributed by atoms with Crippen molar-refractivity contribution in [3.8, 4) is 0 Å². The van der Waals surface area contributed by atoms with Crippen LogP contribution in [0.5, 0.6) is 0 Å². The molecule has 0 bridgehead atoms. The van der Waals surface area contributed by atoms with E-state index in [1.807, 2.05) is 50.2 Å².